The number of carbonyl (C=O) groups excluding carboxylic acids is 3. The molecule has 0 radical (unpaired) electrons. The Hall–Kier alpha value is -4.70. The fraction of sp³-hybridized carbons (Fsp3) is 0.194. The highest BCUT2D eigenvalue weighted by molar-refractivity contribution is 7.99. The molecule has 3 aromatic rings. The average molecular weight is 577 g/mol. The van der Waals surface area contributed by atoms with Crippen molar-refractivity contribution in [1.82, 2.24) is 5.32 Å². The van der Waals surface area contributed by atoms with Gasteiger partial charge in [0, 0.05) is 28.0 Å². The molecule has 10 heteroatoms. The molecule has 0 unspecified atom stereocenters. The maximum Gasteiger partial charge on any atom is 0.330 e. The van der Waals surface area contributed by atoms with Crippen LogP contribution in [0.5, 0.6) is 17.2 Å². The van der Waals surface area contributed by atoms with Gasteiger partial charge in [0.05, 0.1) is 27.9 Å². The summed E-state index contributed by atoms with van der Waals surface area (Å²) >= 11 is 1.52. The highest BCUT2D eigenvalue weighted by Crippen LogP contribution is 2.38. The molecule has 2 N–H and O–H groups in total. The maximum atomic E-state index is 13.4. The zero-order valence-corrected chi connectivity index (χ0v) is 24.1. The van der Waals surface area contributed by atoms with Gasteiger partial charge in [0.25, 0.3) is 11.8 Å². The zero-order chi connectivity index (χ0) is 29.6. The summed E-state index contributed by atoms with van der Waals surface area (Å²) in [5.74, 6) is 0.442. The van der Waals surface area contributed by atoms with Gasteiger partial charge in [-0.05, 0) is 67.1 Å². The second kappa shape index (κ2) is 15.8. The van der Waals surface area contributed by atoms with E-state index in [4.69, 9.17) is 18.9 Å². The molecule has 3 aromatic carbocycles. The Bertz CT molecular complexity index is 1380. The second-order valence-corrected chi connectivity index (χ2v) is 9.37. The zero-order valence-electron chi connectivity index (χ0n) is 23.3. The van der Waals surface area contributed by atoms with Crippen LogP contribution in [0.15, 0.2) is 89.5 Å². The molecule has 0 heterocycles. The third-order valence-corrected chi connectivity index (χ3v) is 6.49. The van der Waals surface area contributed by atoms with E-state index in [0.29, 0.717) is 46.4 Å². The average Bonchev–Trinajstić information content (AvgIpc) is 2.99. The molecule has 0 aromatic heterocycles. The van der Waals surface area contributed by atoms with E-state index in [-0.39, 0.29) is 11.7 Å². The lowest BCUT2D eigenvalue weighted by atomic mass is 10.1. The van der Waals surface area contributed by atoms with Crippen LogP contribution in [-0.2, 0) is 14.3 Å². The molecule has 0 spiro atoms. The molecule has 0 fully saturated rings. The first-order chi connectivity index (χ1) is 19.9. The molecule has 0 aliphatic carbocycles. The first kappa shape index (κ1) is 30.8. The third kappa shape index (κ3) is 9.18. The van der Waals surface area contributed by atoms with Crippen molar-refractivity contribution in [3.8, 4) is 17.2 Å². The largest absolute Gasteiger partial charge is 0.493 e. The summed E-state index contributed by atoms with van der Waals surface area (Å²) in [5.41, 5.74) is 1.48. The topological polar surface area (TPSA) is 112 Å². The van der Waals surface area contributed by atoms with Crippen LogP contribution in [0.4, 0.5) is 5.69 Å². The second-order valence-electron chi connectivity index (χ2n) is 8.28. The Labute approximate surface area is 243 Å². The van der Waals surface area contributed by atoms with Gasteiger partial charge in [-0.3, -0.25) is 9.59 Å². The number of nitrogens with one attached hydrogen (secondary N) is 2. The SMILES string of the molecule is CCOC(=O)/C=C/CSc1ccc(NC(=O)/C(=C/c2cc(OC)c(OC)c(OC)c2)NC(=O)c2ccccc2)cc1. The van der Waals surface area contributed by atoms with Crippen molar-refractivity contribution < 1.29 is 33.3 Å². The molecule has 0 atom stereocenters. The molecule has 2 amide bonds. The van der Waals surface area contributed by atoms with Gasteiger partial charge in [0.2, 0.25) is 5.75 Å². The molecular formula is C31H32N2O7S. The van der Waals surface area contributed by atoms with Crippen molar-refractivity contribution in [3.63, 3.8) is 0 Å². The van der Waals surface area contributed by atoms with Gasteiger partial charge < -0.3 is 29.6 Å². The molecule has 0 bridgehead atoms. The Morgan fingerprint density at radius 2 is 1.54 bits per heavy atom. The minimum absolute atomic E-state index is 0.00989. The number of anilines is 1. The van der Waals surface area contributed by atoms with Crippen molar-refractivity contribution >= 4 is 41.3 Å². The van der Waals surface area contributed by atoms with Crippen molar-refractivity contribution in [2.75, 3.05) is 39.0 Å². The van der Waals surface area contributed by atoms with E-state index in [9.17, 15) is 14.4 Å². The number of hydrogen-bond acceptors (Lipinski definition) is 8. The molecule has 214 valence electrons. The van der Waals surface area contributed by atoms with Gasteiger partial charge in [0.15, 0.2) is 11.5 Å². The number of esters is 1. The summed E-state index contributed by atoms with van der Waals surface area (Å²) in [6, 6.07) is 19.1. The van der Waals surface area contributed by atoms with Crippen LogP contribution in [0.1, 0.15) is 22.8 Å². The van der Waals surface area contributed by atoms with E-state index in [2.05, 4.69) is 10.6 Å². The molecular weight excluding hydrogens is 544 g/mol. The molecule has 0 aliphatic heterocycles. The van der Waals surface area contributed by atoms with Gasteiger partial charge in [0.1, 0.15) is 5.70 Å². The predicted octanol–water partition coefficient (Wildman–Crippen LogP) is 5.33. The van der Waals surface area contributed by atoms with E-state index in [1.807, 2.05) is 12.1 Å². The number of amides is 2. The smallest absolute Gasteiger partial charge is 0.330 e. The van der Waals surface area contributed by atoms with E-state index in [1.54, 1.807) is 67.6 Å². The lowest BCUT2D eigenvalue weighted by Crippen LogP contribution is -2.30. The van der Waals surface area contributed by atoms with Crippen LogP contribution in [0, 0.1) is 0 Å². The van der Waals surface area contributed by atoms with Crippen molar-refractivity contribution in [3.05, 3.63) is 95.7 Å². The Balaban J connectivity index is 1.82. The Morgan fingerprint density at radius 1 is 0.878 bits per heavy atom. The van der Waals surface area contributed by atoms with Crippen LogP contribution in [-0.4, -0.2) is 51.5 Å². The lowest BCUT2D eigenvalue weighted by molar-refractivity contribution is -0.137. The van der Waals surface area contributed by atoms with E-state index < -0.39 is 11.8 Å². The minimum Gasteiger partial charge on any atom is -0.493 e. The monoisotopic (exact) mass is 576 g/mol. The number of ether oxygens (including phenoxy) is 4. The van der Waals surface area contributed by atoms with Gasteiger partial charge in [-0.25, -0.2) is 4.79 Å². The standard InChI is InChI=1S/C31H32N2O7S/c1-5-40-28(34)12-9-17-41-24-15-13-23(14-16-24)32-31(36)25(33-30(35)22-10-7-6-8-11-22)18-21-19-26(37-2)29(39-4)27(20-21)38-3/h6-16,18-20H,5,17H2,1-4H3,(H,32,36)(H,33,35)/b12-9+,25-18-. The number of carbonyl (C=O) groups is 3. The van der Waals surface area contributed by atoms with Crippen LogP contribution >= 0.6 is 11.8 Å². The molecule has 0 aliphatic rings. The van der Waals surface area contributed by atoms with Gasteiger partial charge in [-0.1, -0.05) is 24.3 Å². The molecule has 0 saturated carbocycles. The number of rotatable bonds is 13. The molecule has 41 heavy (non-hydrogen) atoms. The van der Waals surface area contributed by atoms with Crippen molar-refractivity contribution in [2.45, 2.75) is 11.8 Å². The van der Waals surface area contributed by atoms with Crippen LogP contribution in [0.25, 0.3) is 6.08 Å². The Kier molecular flexibility index (Phi) is 11.9. The summed E-state index contributed by atoms with van der Waals surface area (Å²) in [7, 11) is 4.49. The minimum atomic E-state index is -0.527. The highest BCUT2D eigenvalue weighted by Gasteiger charge is 2.18. The van der Waals surface area contributed by atoms with Gasteiger partial charge >= 0.3 is 5.97 Å². The lowest BCUT2D eigenvalue weighted by Gasteiger charge is -2.14. The summed E-state index contributed by atoms with van der Waals surface area (Å²) in [5, 5.41) is 5.55. The van der Waals surface area contributed by atoms with Gasteiger partial charge in [-0.15, -0.1) is 11.8 Å². The highest BCUT2D eigenvalue weighted by atomic mass is 32.2. The fourth-order valence-corrected chi connectivity index (χ4v) is 4.32. The van der Waals surface area contributed by atoms with E-state index in [0.717, 1.165) is 4.90 Å². The molecule has 9 nitrogen and oxygen atoms in total. The first-order valence-electron chi connectivity index (χ1n) is 12.6. The predicted molar refractivity (Wildman–Crippen MR) is 160 cm³/mol. The molecule has 3 rings (SSSR count). The molecule has 0 saturated heterocycles. The van der Waals surface area contributed by atoms with Crippen LogP contribution in [0.2, 0.25) is 0 Å². The summed E-state index contributed by atoms with van der Waals surface area (Å²) in [6.45, 7) is 2.09. The first-order valence-corrected chi connectivity index (χ1v) is 13.6. The number of benzene rings is 3. The summed E-state index contributed by atoms with van der Waals surface area (Å²) < 4.78 is 21.1. The Morgan fingerprint density at radius 3 is 2.12 bits per heavy atom. The fourth-order valence-electron chi connectivity index (χ4n) is 3.61. The van der Waals surface area contributed by atoms with E-state index in [1.165, 1.54) is 45.2 Å². The van der Waals surface area contributed by atoms with Crippen LogP contribution in [0.3, 0.4) is 0 Å². The van der Waals surface area contributed by atoms with Crippen molar-refractivity contribution in [1.29, 1.82) is 0 Å². The quantitative estimate of drug-likeness (QED) is 0.160. The summed E-state index contributed by atoms with van der Waals surface area (Å²) in [6.07, 6.45) is 4.66. The summed E-state index contributed by atoms with van der Waals surface area (Å²) in [4.78, 5) is 38.7. The van der Waals surface area contributed by atoms with Gasteiger partial charge in [-0.2, -0.15) is 0 Å². The third-order valence-electron chi connectivity index (χ3n) is 5.53. The number of hydrogen-bond donors (Lipinski definition) is 2. The normalized spacial score (nSPS) is 11.1. The van der Waals surface area contributed by atoms with Crippen LogP contribution < -0.4 is 24.8 Å². The van der Waals surface area contributed by atoms with Crippen molar-refractivity contribution in [2.24, 2.45) is 0 Å². The number of methoxy groups -OCH3 is 3. The van der Waals surface area contributed by atoms with E-state index >= 15 is 0 Å². The number of thioether (sulfide) groups is 1. The maximum absolute atomic E-state index is 13.4.